The van der Waals surface area contributed by atoms with Crippen LogP contribution in [-0.2, 0) is 16.2 Å². The number of nitrogens with zero attached hydrogens (tertiary/aromatic N) is 1. The van der Waals surface area contributed by atoms with Gasteiger partial charge in [0.1, 0.15) is 5.82 Å². The van der Waals surface area contributed by atoms with E-state index in [2.05, 4.69) is 10.5 Å². The summed E-state index contributed by atoms with van der Waals surface area (Å²) in [6.07, 6.45) is 1.34. The van der Waals surface area contributed by atoms with Crippen molar-refractivity contribution in [3.63, 3.8) is 0 Å². The molecule has 0 saturated heterocycles. The van der Waals surface area contributed by atoms with Crippen LogP contribution < -0.4 is 5.32 Å². The number of rotatable bonds is 6. The van der Waals surface area contributed by atoms with Crippen LogP contribution >= 0.6 is 11.6 Å². The lowest BCUT2D eigenvalue weighted by Crippen LogP contribution is -2.26. The first-order valence-electron chi connectivity index (χ1n) is 6.55. The third kappa shape index (κ3) is 5.54. The van der Waals surface area contributed by atoms with Gasteiger partial charge in [-0.1, -0.05) is 41.0 Å². The first kappa shape index (κ1) is 16.0. The lowest BCUT2D eigenvalue weighted by molar-refractivity contribution is -0.125. The zero-order valence-corrected chi connectivity index (χ0v) is 12.4. The zero-order valence-electron chi connectivity index (χ0n) is 11.6. The van der Waals surface area contributed by atoms with Crippen molar-refractivity contribution >= 4 is 23.7 Å². The number of hydrogen-bond donors (Lipinski definition) is 1. The van der Waals surface area contributed by atoms with E-state index in [0.717, 1.165) is 5.56 Å². The number of nitrogens with one attached hydrogen (secondary N) is 1. The molecule has 2 aromatic rings. The fourth-order valence-electron chi connectivity index (χ4n) is 1.68. The van der Waals surface area contributed by atoms with Gasteiger partial charge in [-0.3, -0.25) is 4.79 Å². The standard InChI is InChI=1S/C16H14ClFN2O2/c17-14-5-1-3-12(7-14)9-19-16(21)11-22-20-10-13-4-2-6-15(18)8-13/h1-8,10H,9,11H2,(H,19,21)/b20-10-. The van der Waals surface area contributed by atoms with Crippen molar-refractivity contribution in [1.29, 1.82) is 0 Å². The molecule has 22 heavy (non-hydrogen) atoms. The molecule has 0 spiro atoms. The van der Waals surface area contributed by atoms with Gasteiger partial charge in [0.25, 0.3) is 5.91 Å². The maximum absolute atomic E-state index is 12.9. The zero-order chi connectivity index (χ0) is 15.8. The van der Waals surface area contributed by atoms with Crippen molar-refractivity contribution in [1.82, 2.24) is 5.32 Å². The van der Waals surface area contributed by atoms with Gasteiger partial charge < -0.3 is 10.2 Å². The van der Waals surface area contributed by atoms with Crippen molar-refractivity contribution in [3.8, 4) is 0 Å². The molecule has 0 fully saturated rings. The summed E-state index contributed by atoms with van der Waals surface area (Å²) in [5.41, 5.74) is 1.45. The minimum atomic E-state index is -0.358. The van der Waals surface area contributed by atoms with Crippen molar-refractivity contribution in [2.75, 3.05) is 6.61 Å². The maximum Gasteiger partial charge on any atom is 0.261 e. The molecule has 0 saturated carbocycles. The Morgan fingerprint density at radius 3 is 2.86 bits per heavy atom. The van der Waals surface area contributed by atoms with Gasteiger partial charge in [-0.05, 0) is 35.4 Å². The van der Waals surface area contributed by atoms with Crippen LogP contribution in [-0.4, -0.2) is 18.7 Å². The average molecular weight is 321 g/mol. The number of benzene rings is 2. The summed E-state index contributed by atoms with van der Waals surface area (Å²) in [5.74, 6) is -0.667. The van der Waals surface area contributed by atoms with Gasteiger partial charge in [-0.25, -0.2) is 4.39 Å². The van der Waals surface area contributed by atoms with Crippen LogP contribution in [0.3, 0.4) is 0 Å². The molecular formula is C16H14ClFN2O2. The highest BCUT2D eigenvalue weighted by atomic mass is 35.5. The SMILES string of the molecule is O=C(CO/N=C\c1cccc(F)c1)NCc1cccc(Cl)c1. The normalized spacial score (nSPS) is 10.6. The summed E-state index contributed by atoms with van der Waals surface area (Å²) in [5, 5.41) is 6.91. The number of amides is 1. The average Bonchev–Trinajstić information content (AvgIpc) is 2.50. The van der Waals surface area contributed by atoms with Crippen LogP contribution in [0.15, 0.2) is 53.7 Å². The molecule has 1 amide bonds. The molecule has 0 aliphatic carbocycles. The van der Waals surface area contributed by atoms with Crippen molar-refractivity contribution < 1.29 is 14.0 Å². The first-order valence-corrected chi connectivity index (χ1v) is 6.93. The predicted molar refractivity (Wildman–Crippen MR) is 83.2 cm³/mol. The topological polar surface area (TPSA) is 50.7 Å². The quantitative estimate of drug-likeness (QED) is 0.656. The Morgan fingerprint density at radius 2 is 2.09 bits per heavy atom. The molecule has 0 aliphatic rings. The highest BCUT2D eigenvalue weighted by molar-refractivity contribution is 6.30. The monoisotopic (exact) mass is 320 g/mol. The van der Waals surface area contributed by atoms with Gasteiger partial charge in [0.2, 0.25) is 0 Å². The lowest BCUT2D eigenvalue weighted by Gasteiger charge is -2.04. The molecule has 1 N–H and O–H groups in total. The van der Waals surface area contributed by atoms with E-state index in [9.17, 15) is 9.18 Å². The third-order valence-electron chi connectivity index (χ3n) is 2.70. The molecule has 2 rings (SSSR count). The lowest BCUT2D eigenvalue weighted by atomic mass is 10.2. The summed E-state index contributed by atoms with van der Waals surface area (Å²) >= 11 is 5.85. The van der Waals surface area contributed by atoms with E-state index >= 15 is 0 Å². The molecular weight excluding hydrogens is 307 g/mol. The smallest absolute Gasteiger partial charge is 0.261 e. The van der Waals surface area contributed by atoms with Crippen molar-refractivity contribution in [3.05, 3.63) is 70.5 Å². The van der Waals surface area contributed by atoms with E-state index in [0.29, 0.717) is 17.1 Å². The minimum Gasteiger partial charge on any atom is -0.386 e. The number of carbonyl (C=O) groups excluding carboxylic acids is 1. The van der Waals surface area contributed by atoms with Gasteiger partial charge in [0, 0.05) is 11.6 Å². The third-order valence-corrected chi connectivity index (χ3v) is 2.93. The summed E-state index contributed by atoms with van der Waals surface area (Å²) in [6.45, 7) is 0.142. The van der Waals surface area contributed by atoms with Gasteiger partial charge in [0.15, 0.2) is 6.61 Å². The largest absolute Gasteiger partial charge is 0.386 e. The Kier molecular flexibility index (Phi) is 5.91. The molecule has 0 aromatic heterocycles. The summed E-state index contributed by atoms with van der Waals surface area (Å²) in [6, 6.07) is 13.1. The van der Waals surface area contributed by atoms with Crippen LogP contribution in [0.25, 0.3) is 0 Å². The van der Waals surface area contributed by atoms with Gasteiger partial charge >= 0.3 is 0 Å². The second-order valence-corrected chi connectivity index (χ2v) is 4.91. The Bertz CT molecular complexity index is 677. The molecule has 0 heterocycles. The summed E-state index contributed by atoms with van der Waals surface area (Å²) < 4.78 is 12.9. The van der Waals surface area contributed by atoms with Crippen LogP contribution in [0.4, 0.5) is 4.39 Å². The van der Waals surface area contributed by atoms with Crippen LogP contribution in [0.2, 0.25) is 5.02 Å². The Labute approximate surface area is 132 Å². The minimum absolute atomic E-state index is 0.216. The fraction of sp³-hybridized carbons (Fsp3) is 0.125. The molecule has 0 bridgehead atoms. The maximum atomic E-state index is 12.9. The summed E-state index contributed by atoms with van der Waals surface area (Å²) in [7, 11) is 0. The molecule has 0 unspecified atom stereocenters. The number of oxime groups is 1. The van der Waals surface area contributed by atoms with E-state index in [1.807, 2.05) is 12.1 Å². The molecule has 0 aliphatic heterocycles. The molecule has 0 atom stereocenters. The fourth-order valence-corrected chi connectivity index (χ4v) is 1.89. The molecule has 114 valence electrons. The van der Waals surface area contributed by atoms with Gasteiger partial charge in [0.05, 0.1) is 6.21 Å². The van der Waals surface area contributed by atoms with E-state index < -0.39 is 0 Å². The highest BCUT2D eigenvalue weighted by Gasteiger charge is 2.01. The molecule has 6 heteroatoms. The van der Waals surface area contributed by atoms with E-state index in [-0.39, 0.29) is 18.3 Å². The Balaban J connectivity index is 1.71. The van der Waals surface area contributed by atoms with Gasteiger partial charge in [-0.15, -0.1) is 0 Å². The van der Waals surface area contributed by atoms with Crippen LogP contribution in [0, 0.1) is 5.82 Å². The van der Waals surface area contributed by atoms with E-state index in [4.69, 9.17) is 16.4 Å². The van der Waals surface area contributed by atoms with Crippen LogP contribution in [0.5, 0.6) is 0 Å². The summed E-state index contributed by atoms with van der Waals surface area (Å²) in [4.78, 5) is 16.4. The second kappa shape index (κ2) is 8.14. The predicted octanol–water partition coefficient (Wildman–Crippen LogP) is 3.15. The first-order chi connectivity index (χ1) is 10.6. The molecule has 4 nitrogen and oxygen atoms in total. The van der Waals surface area contributed by atoms with Gasteiger partial charge in [-0.2, -0.15) is 0 Å². The highest BCUT2D eigenvalue weighted by Crippen LogP contribution is 2.10. The number of carbonyl (C=O) groups is 1. The Morgan fingerprint density at radius 1 is 1.27 bits per heavy atom. The molecule has 2 aromatic carbocycles. The van der Waals surface area contributed by atoms with Crippen molar-refractivity contribution in [2.45, 2.75) is 6.54 Å². The van der Waals surface area contributed by atoms with Crippen LogP contribution in [0.1, 0.15) is 11.1 Å². The van der Waals surface area contributed by atoms with E-state index in [1.165, 1.54) is 18.3 Å². The second-order valence-electron chi connectivity index (χ2n) is 4.47. The Hall–Kier alpha value is -2.40. The number of halogens is 2. The number of hydrogen-bond acceptors (Lipinski definition) is 3. The van der Waals surface area contributed by atoms with E-state index in [1.54, 1.807) is 24.3 Å². The molecule has 0 radical (unpaired) electrons. The van der Waals surface area contributed by atoms with Crippen molar-refractivity contribution in [2.24, 2.45) is 5.16 Å².